The van der Waals surface area contributed by atoms with Crippen molar-refractivity contribution in [2.45, 2.75) is 37.4 Å². The van der Waals surface area contributed by atoms with Crippen LogP contribution in [0, 0.1) is 5.92 Å². The molecule has 1 aliphatic rings. The lowest BCUT2D eigenvalue weighted by molar-refractivity contribution is -0.154. The van der Waals surface area contributed by atoms with E-state index >= 15 is 0 Å². The smallest absolute Gasteiger partial charge is 0.370 e. The Morgan fingerprint density at radius 2 is 1.94 bits per heavy atom. The van der Waals surface area contributed by atoms with E-state index in [1.807, 2.05) is 0 Å². The average molecular weight is 477 g/mol. The van der Waals surface area contributed by atoms with Gasteiger partial charge in [0.1, 0.15) is 36.3 Å². The number of aliphatic hydroxyl groups is 4. The number of aromatic nitrogens is 3. The summed E-state index contributed by atoms with van der Waals surface area (Å²) >= 11 is 0. The van der Waals surface area contributed by atoms with E-state index in [1.165, 1.54) is 10.9 Å². The van der Waals surface area contributed by atoms with Crippen LogP contribution in [-0.2, 0) is 25.7 Å². The van der Waals surface area contributed by atoms with Crippen LogP contribution in [0.4, 0.5) is 0 Å². The fourth-order valence-corrected chi connectivity index (χ4v) is 3.53. The van der Waals surface area contributed by atoms with Crippen LogP contribution in [-0.4, -0.2) is 89.8 Å². The molecule has 13 heteroatoms. The number of carbonyl (C=O) groups excluding carboxylic acids is 2. The number of aliphatic carboxylic acids is 1. The van der Waals surface area contributed by atoms with Crippen LogP contribution < -0.4 is 4.74 Å². The molecule has 3 unspecified atom stereocenters. The highest BCUT2D eigenvalue weighted by Crippen LogP contribution is 2.30. The molecule has 3 rings (SSSR count). The van der Waals surface area contributed by atoms with E-state index in [4.69, 9.17) is 19.7 Å². The minimum atomic E-state index is -1.76. The predicted octanol–water partition coefficient (Wildman–Crippen LogP) is -1.50. The van der Waals surface area contributed by atoms with Crippen LogP contribution in [0.3, 0.4) is 0 Å². The Morgan fingerprint density at radius 3 is 2.56 bits per heavy atom. The van der Waals surface area contributed by atoms with E-state index < -0.39 is 54.5 Å². The van der Waals surface area contributed by atoms with Gasteiger partial charge >= 0.3 is 5.97 Å². The number of ketones is 1. The number of benzene rings is 1. The maximum atomic E-state index is 12.7. The van der Waals surface area contributed by atoms with Crippen molar-refractivity contribution < 1.29 is 49.4 Å². The number of ether oxygens (including phenoxy) is 2. The van der Waals surface area contributed by atoms with Gasteiger partial charge in [0.15, 0.2) is 5.78 Å². The Balaban J connectivity index is 1.71. The van der Waals surface area contributed by atoms with E-state index in [-0.39, 0.29) is 13.0 Å². The minimum Gasteiger partial charge on any atom is -0.480 e. The van der Waals surface area contributed by atoms with Crippen molar-refractivity contribution >= 4 is 18.2 Å². The second kappa shape index (κ2) is 11.0. The number of hydrogen-bond acceptors (Lipinski definition) is 11. The van der Waals surface area contributed by atoms with Gasteiger partial charge in [0.25, 0.3) is 6.47 Å². The van der Waals surface area contributed by atoms with Crippen molar-refractivity contribution in [3.05, 3.63) is 42.3 Å². The fourth-order valence-electron chi connectivity index (χ4n) is 3.53. The molecule has 1 aliphatic heterocycles. The summed E-state index contributed by atoms with van der Waals surface area (Å²) in [6, 6.07) is 6.41. The maximum Gasteiger partial charge on any atom is 0.370 e. The lowest BCUT2D eigenvalue weighted by atomic mass is 9.84. The number of carbonyl (C=O) groups is 3. The zero-order valence-corrected chi connectivity index (χ0v) is 17.7. The highest BCUT2D eigenvalue weighted by Gasteiger charge is 2.43. The second-order valence-corrected chi connectivity index (χ2v) is 7.60. The van der Waals surface area contributed by atoms with Gasteiger partial charge < -0.3 is 35.0 Å². The molecule has 0 spiro atoms. The SMILES string of the molecule is O=COc1ccc(-c2cn(CC(=O)C[C@H]3C(C(O)C(O)CO)OC(C(=O)O)=C[C@H]3O)nn2)cc1. The van der Waals surface area contributed by atoms with Crippen molar-refractivity contribution in [2.24, 2.45) is 5.92 Å². The lowest BCUT2D eigenvalue weighted by Gasteiger charge is -2.37. The van der Waals surface area contributed by atoms with Gasteiger partial charge in [-0.15, -0.1) is 5.10 Å². The maximum absolute atomic E-state index is 12.7. The fraction of sp³-hybridized carbons (Fsp3) is 0.381. The van der Waals surface area contributed by atoms with Crippen LogP contribution in [0.1, 0.15) is 6.42 Å². The van der Waals surface area contributed by atoms with Crippen molar-refractivity contribution in [1.82, 2.24) is 15.0 Å². The third-order valence-corrected chi connectivity index (χ3v) is 5.25. The summed E-state index contributed by atoms with van der Waals surface area (Å²) in [6.45, 7) is -0.783. The molecule has 5 atom stereocenters. The number of carboxylic acids is 1. The van der Waals surface area contributed by atoms with Crippen molar-refractivity contribution in [3.8, 4) is 17.0 Å². The zero-order chi connectivity index (χ0) is 24.8. The normalized spacial score (nSPS) is 21.6. The number of Topliss-reactive ketones (excluding diaryl/α,β-unsaturated/α-hetero) is 1. The molecular formula is C21H23N3O10. The molecule has 1 aromatic carbocycles. The van der Waals surface area contributed by atoms with E-state index in [0.29, 0.717) is 23.5 Å². The molecule has 34 heavy (non-hydrogen) atoms. The van der Waals surface area contributed by atoms with Gasteiger partial charge in [-0.25, -0.2) is 9.48 Å². The number of carboxylic acid groups (broad SMARTS) is 1. The molecule has 2 aromatic rings. The van der Waals surface area contributed by atoms with Crippen LogP contribution >= 0.6 is 0 Å². The highest BCUT2D eigenvalue weighted by atomic mass is 16.5. The first kappa shape index (κ1) is 25.0. The topological polar surface area (TPSA) is 202 Å². The van der Waals surface area contributed by atoms with Crippen molar-refractivity contribution in [3.63, 3.8) is 0 Å². The molecule has 2 heterocycles. The van der Waals surface area contributed by atoms with E-state index in [2.05, 4.69) is 10.3 Å². The Morgan fingerprint density at radius 1 is 1.24 bits per heavy atom. The standard InChI is InChI=1S/C21H23N3O10/c25-9-17(29)19(30)20-14(16(28)6-18(34-20)21(31)32)5-12(27)7-24-8-15(22-23-24)11-1-3-13(4-2-11)33-10-26/h1-4,6,8,10,14,16-17,19-20,25,28-30H,5,7,9H2,(H,31,32)/t14-,16-,17?,19?,20?/m1/s1. The zero-order valence-electron chi connectivity index (χ0n) is 17.7. The first-order valence-corrected chi connectivity index (χ1v) is 10.1. The molecule has 182 valence electrons. The molecule has 0 aliphatic carbocycles. The summed E-state index contributed by atoms with van der Waals surface area (Å²) < 4.78 is 11.2. The molecule has 13 nitrogen and oxygen atoms in total. The monoisotopic (exact) mass is 477 g/mol. The molecule has 0 fully saturated rings. The molecule has 0 saturated carbocycles. The molecule has 0 bridgehead atoms. The highest BCUT2D eigenvalue weighted by molar-refractivity contribution is 5.84. The van der Waals surface area contributed by atoms with Gasteiger partial charge in [-0.05, 0) is 30.3 Å². The predicted molar refractivity (Wildman–Crippen MR) is 111 cm³/mol. The van der Waals surface area contributed by atoms with Crippen LogP contribution in [0.15, 0.2) is 42.3 Å². The third kappa shape index (κ3) is 5.82. The first-order chi connectivity index (χ1) is 16.2. The summed E-state index contributed by atoms with van der Waals surface area (Å²) in [5.41, 5.74) is 1.10. The van der Waals surface area contributed by atoms with Gasteiger partial charge in [-0.3, -0.25) is 9.59 Å². The second-order valence-electron chi connectivity index (χ2n) is 7.60. The third-order valence-electron chi connectivity index (χ3n) is 5.25. The summed E-state index contributed by atoms with van der Waals surface area (Å²) in [5.74, 6) is -3.34. The number of rotatable bonds is 11. The van der Waals surface area contributed by atoms with E-state index in [9.17, 15) is 29.7 Å². The molecule has 5 N–H and O–H groups in total. The summed E-state index contributed by atoms with van der Waals surface area (Å²) in [5, 5.41) is 56.6. The molecule has 1 aromatic heterocycles. The number of aliphatic hydroxyl groups excluding tert-OH is 4. The number of hydrogen-bond donors (Lipinski definition) is 5. The lowest BCUT2D eigenvalue weighted by Crippen LogP contribution is -2.51. The van der Waals surface area contributed by atoms with Gasteiger partial charge in [0.2, 0.25) is 5.76 Å². The molecule has 0 saturated heterocycles. The average Bonchev–Trinajstić information content (AvgIpc) is 3.28. The van der Waals surface area contributed by atoms with Gasteiger partial charge in [-0.1, -0.05) is 5.21 Å². The van der Waals surface area contributed by atoms with Crippen LogP contribution in [0.25, 0.3) is 11.3 Å². The Bertz CT molecular complexity index is 1050. The molecule has 0 radical (unpaired) electrons. The summed E-state index contributed by atoms with van der Waals surface area (Å²) in [7, 11) is 0. The van der Waals surface area contributed by atoms with Crippen molar-refractivity contribution in [1.29, 1.82) is 0 Å². The molecule has 0 amide bonds. The van der Waals surface area contributed by atoms with Crippen LogP contribution in [0.2, 0.25) is 0 Å². The van der Waals surface area contributed by atoms with Crippen LogP contribution in [0.5, 0.6) is 5.75 Å². The molecular weight excluding hydrogens is 454 g/mol. The van der Waals surface area contributed by atoms with Crippen molar-refractivity contribution in [2.75, 3.05) is 6.61 Å². The Hall–Kier alpha value is -3.65. The summed E-state index contributed by atoms with van der Waals surface area (Å²) in [4.78, 5) is 34.3. The number of nitrogens with zero attached hydrogens (tertiary/aromatic N) is 3. The van der Waals surface area contributed by atoms with Gasteiger partial charge in [-0.2, -0.15) is 0 Å². The Labute approximate surface area is 192 Å². The van der Waals surface area contributed by atoms with Gasteiger partial charge in [0.05, 0.1) is 18.9 Å². The minimum absolute atomic E-state index is 0.247. The first-order valence-electron chi connectivity index (χ1n) is 10.1. The van der Waals surface area contributed by atoms with Gasteiger partial charge in [0, 0.05) is 17.9 Å². The Kier molecular flexibility index (Phi) is 8.07. The summed E-state index contributed by atoms with van der Waals surface area (Å²) in [6.07, 6.45) is -4.30. The quantitative estimate of drug-likeness (QED) is 0.235. The van der Waals surface area contributed by atoms with E-state index in [1.54, 1.807) is 24.3 Å². The van der Waals surface area contributed by atoms with E-state index in [0.717, 1.165) is 6.08 Å². The largest absolute Gasteiger partial charge is 0.480 e.